The molecule has 0 bridgehead atoms. The second-order valence-electron chi connectivity index (χ2n) is 9.12. The first kappa shape index (κ1) is 40.1. The quantitative estimate of drug-likeness (QED) is 0.0542. The topological polar surface area (TPSA) is 204 Å². The van der Waals surface area contributed by atoms with Gasteiger partial charge in [-0.3, -0.25) is 27.8 Å². The number of benzene rings is 2. The van der Waals surface area contributed by atoms with E-state index >= 15 is 0 Å². The number of thioether (sulfide) groups is 2. The van der Waals surface area contributed by atoms with Gasteiger partial charge in [-0.05, 0) is 49.1 Å². The zero-order valence-electron chi connectivity index (χ0n) is 25.5. The first-order valence-corrected chi connectivity index (χ1v) is 18.9. The van der Waals surface area contributed by atoms with E-state index in [2.05, 4.69) is 9.47 Å². The van der Waals surface area contributed by atoms with E-state index < -0.39 is 55.0 Å². The Balaban J connectivity index is 2.07. The van der Waals surface area contributed by atoms with Crippen molar-refractivity contribution in [3.05, 3.63) is 60.2 Å². The monoisotopic (exact) mass is 738 g/mol. The lowest BCUT2D eigenvalue weighted by Gasteiger charge is -2.24. The molecular weight excluding hydrogens is 703 g/mol. The highest BCUT2D eigenvalue weighted by molar-refractivity contribution is 8.13. The van der Waals surface area contributed by atoms with Gasteiger partial charge in [0.1, 0.15) is 24.7 Å². The predicted molar refractivity (Wildman–Crippen MR) is 172 cm³/mol. The molecule has 0 radical (unpaired) electrons. The lowest BCUT2D eigenvalue weighted by atomic mass is 10.1. The number of rotatable bonds is 20. The summed E-state index contributed by atoms with van der Waals surface area (Å²) in [5.41, 5.74) is 0.729. The van der Waals surface area contributed by atoms with Gasteiger partial charge in [-0.25, -0.2) is 9.59 Å². The molecule has 0 saturated carbocycles. The minimum atomic E-state index is -5.13. The van der Waals surface area contributed by atoms with Crippen molar-refractivity contribution in [2.75, 3.05) is 38.3 Å². The van der Waals surface area contributed by atoms with Gasteiger partial charge in [-0.2, -0.15) is 8.42 Å². The van der Waals surface area contributed by atoms with Gasteiger partial charge in [0, 0.05) is 25.4 Å². The molecule has 1 N–H and O–H groups in total. The van der Waals surface area contributed by atoms with Crippen LogP contribution < -0.4 is 4.74 Å². The van der Waals surface area contributed by atoms with Crippen LogP contribution in [0.1, 0.15) is 32.3 Å². The van der Waals surface area contributed by atoms with Gasteiger partial charge >= 0.3 is 19.9 Å². The average Bonchev–Trinajstić information content (AvgIpc) is 2.99. The molecule has 2 rings (SSSR count). The summed E-state index contributed by atoms with van der Waals surface area (Å²) in [6.07, 6.45) is -2.74. The predicted octanol–water partition coefficient (Wildman–Crippen LogP) is 6.02. The van der Waals surface area contributed by atoms with Gasteiger partial charge in [0.05, 0.1) is 0 Å². The Bertz CT molecular complexity index is 1430. The molecule has 0 spiro atoms. The van der Waals surface area contributed by atoms with Crippen molar-refractivity contribution in [1.29, 1.82) is 0 Å². The van der Waals surface area contributed by atoms with Crippen molar-refractivity contribution in [3.8, 4) is 11.5 Å². The summed E-state index contributed by atoms with van der Waals surface area (Å²) in [4.78, 5) is 43.5. The summed E-state index contributed by atoms with van der Waals surface area (Å²) >= 11 is 1.79. The third-order valence-electron chi connectivity index (χ3n) is 5.53. The fraction of sp³-hybridized carbons (Fsp3) is 0.429. The van der Waals surface area contributed by atoms with Crippen LogP contribution in [0.2, 0.25) is 0 Å². The molecule has 2 aromatic rings. The van der Waals surface area contributed by atoms with Crippen molar-refractivity contribution in [1.82, 2.24) is 0 Å². The molecule has 0 aromatic heterocycles. The highest BCUT2D eigenvalue weighted by Gasteiger charge is 2.45. The van der Waals surface area contributed by atoms with Gasteiger partial charge in [0.25, 0.3) is 10.1 Å². The third-order valence-corrected chi connectivity index (χ3v) is 11.5. The van der Waals surface area contributed by atoms with Crippen molar-refractivity contribution in [3.63, 3.8) is 0 Å². The average molecular weight is 739 g/mol. The number of aryl methyl sites for hydroxylation is 1. The van der Waals surface area contributed by atoms with Crippen molar-refractivity contribution in [2.24, 2.45) is 0 Å². The summed E-state index contributed by atoms with van der Waals surface area (Å²) in [6, 6.07) is 16.0. The van der Waals surface area contributed by atoms with Crippen LogP contribution in [0.5, 0.6) is 11.5 Å². The maximum atomic E-state index is 13.7. The van der Waals surface area contributed by atoms with E-state index in [1.165, 1.54) is 13.8 Å². The minimum Gasteiger partial charge on any atom is -0.457 e. The lowest BCUT2D eigenvalue weighted by Crippen LogP contribution is -2.25. The van der Waals surface area contributed by atoms with Crippen LogP contribution in [0.3, 0.4) is 0 Å². The zero-order chi connectivity index (χ0) is 34.7. The number of hydrogen-bond donors (Lipinski definition) is 1. The van der Waals surface area contributed by atoms with Crippen LogP contribution in [0.15, 0.2) is 54.6 Å². The van der Waals surface area contributed by atoms with Crippen LogP contribution >= 0.6 is 31.1 Å². The molecule has 0 fully saturated rings. The zero-order valence-corrected chi connectivity index (χ0v) is 28.8. The van der Waals surface area contributed by atoms with Gasteiger partial charge in [-0.1, -0.05) is 53.9 Å². The van der Waals surface area contributed by atoms with Gasteiger partial charge in [0.2, 0.25) is 13.6 Å². The molecule has 0 aliphatic carbocycles. The fourth-order valence-corrected chi connectivity index (χ4v) is 7.89. The Morgan fingerprint density at radius 2 is 1.32 bits per heavy atom. The van der Waals surface area contributed by atoms with E-state index in [1.54, 1.807) is 36.4 Å². The highest BCUT2D eigenvalue weighted by Crippen LogP contribution is 2.56. The standard InChI is InChI=1S/C28H35O15PS3/c1-21(29)45-16-14-37-27(31)39-19-41-44(33,42-20-40-28(32)38-15-17-46-22(2)30)26(47(34,35)36)13-7-9-23-8-6-12-25(18-23)43-24-10-4-3-5-11-24/h3-6,8,10-12,18,26H,7,9,13-17,19-20H2,1-2H3,(H,34,35,36). The number of carbonyl (C=O) groups excluding carboxylic acids is 4. The second kappa shape index (κ2) is 21.0. The van der Waals surface area contributed by atoms with E-state index in [1.807, 2.05) is 18.2 Å². The van der Waals surface area contributed by atoms with E-state index in [-0.39, 0.29) is 47.8 Å². The smallest absolute Gasteiger partial charge is 0.457 e. The molecular formula is C28H35O15PS3. The van der Waals surface area contributed by atoms with Crippen LogP contribution in [-0.2, 0) is 58.7 Å². The van der Waals surface area contributed by atoms with Gasteiger partial charge < -0.3 is 23.7 Å². The first-order chi connectivity index (χ1) is 22.3. The normalized spacial score (nSPS) is 12.1. The molecule has 260 valence electrons. The Morgan fingerprint density at radius 3 is 1.83 bits per heavy atom. The van der Waals surface area contributed by atoms with Crippen LogP contribution in [0.25, 0.3) is 0 Å². The molecule has 0 amide bonds. The fourth-order valence-electron chi connectivity index (χ4n) is 3.54. The second-order valence-corrected chi connectivity index (χ2v) is 15.8. The Morgan fingerprint density at radius 1 is 0.787 bits per heavy atom. The first-order valence-electron chi connectivity index (χ1n) is 13.8. The van der Waals surface area contributed by atoms with E-state index in [0.29, 0.717) is 11.5 Å². The molecule has 19 heteroatoms. The SMILES string of the molecule is CC(=O)SCCOC(=O)OCOP(=O)(OCOC(=O)OCCSC(C)=O)C(CCCc1cccc(Oc2ccccc2)c1)S(=O)(=O)O. The Kier molecular flexibility index (Phi) is 17.9. The van der Waals surface area contributed by atoms with E-state index in [9.17, 15) is 36.7 Å². The molecule has 0 saturated heterocycles. The van der Waals surface area contributed by atoms with Gasteiger partial charge in [-0.15, -0.1) is 0 Å². The summed E-state index contributed by atoms with van der Waals surface area (Å²) in [5, 5.41) is -0.400. The van der Waals surface area contributed by atoms with Crippen LogP contribution in [0, 0.1) is 0 Å². The van der Waals surface area contributed by atoms with Crippen molar-refractivity contribution in [2.45, 2.75) is 38.1 Å². The molecule has 47 heavy (non-hydrogen) atoms. The molecule has 2 aromatic carbocycles. The van der Waals surface area contributed by atoms with Crippen molar-refractivity contribution < 1.29 is 69.4 Å². The Hall–Kier alpha value is -3.12. The molecule has 15 nitrogen and oxygen atoms in total. The molecule has 1 atom stereocenters. The summed E-state index contributed by atoms with van der Waals surface area (Å²) < 4.78 is 83.3. The maximum Gasteiger partial charge on any atom is 0.510 e. The third kappa shape index (κ3) is 17.0. The summed E-state index contributed by atoms with van der Waals surface area (Å²) in [5.74, 6) is 1.40. The van der Waals surface area contributed by atoms with Crippen LogP contribution in [-0.4, -0.2) is 78.8 Å². The number of para-hydroxylation sites is 1. The largest absolute Gasteiger partial charge is 0.510 e. The van der Waals surface area contributed by atoms with E-state index in [0.717, 1.165) is 29.1 Å². The molecule has 0 aliphatic rings. The van der Waals surface area contributed by atoms with Crippen molar-refractivity contribution >= 4 is 63.8 Å². The Labute approximate surface area is 280 Å². The van der Waals surface area contributed by atoms with Gasteiger partial charge in [0.15, 0.2) is 15.2 Å². The summed E-state index contributed by atoms with van der Waals surface area (Å²) in [7, 11) is -10.1. The van der Waals surface area contributed by atoms with E-state index in [4.69, 9.17) is 23.3 Å². The lowest BCUT2D eigenvalue weighted by molar-refractivity contribution is -0.109. The molecule has 0 aliphatic heterocycles. The molecule has 1 unspecified atom stereocenters. The van der Waals surface area contributed by atoms with Crippen LogP contribution in [0.4, 0.5) is 9.59 Å². The maximum absolute atomic E-state index is 13.7. The minimum absolute atomic E-state index is 0.0450. The number of ether oxygens (including phenoxy) is 5. The number of hydrogen-bond acceptors (Lipinski definition) is 16. The highest BCUT2D eigenvalue weighted by atomic mass is 32.2. The number of carbonyl (C=O) groups is 4. The molecule has 0 heterocycles. The summed E-state index contributed by atoms with van der Waals surface area (Å²) in [6.45, 7) is -0.0168.